The normalized spacial score (nSPS) is 11.0. The van der Waals surface area contributed by atoms with E-state index in [0.717, 1.165) is 23.4 Å². The van der Waals surface area contributed by atoms with Gasteiger partial charge >= 0.3 is 0 Å². The zero-order valence-corrected chi connectivity index (χ0v) is 16.3. The van der Waals surface area contributed by atoms with Crippen molar-refractivity contribution in [2.45, 2.75) is 20.0 Å². The van der Waals surface area contributed by atoms with Gasteiger partial charge in [-0.25, -0.2) is 4.98 Å². The van der Waals surface area contributed by atoms with E-state index in [1.54, 1.807) is 29.2 Å². The fourth-order valence-corrected chi connectivity index (χ4v) is 3.08. The molecule has 4 rings (SSSR count). The van der Waals surface area contributed by atoms with Gasteiger partial charge in [-0.2, -0.15) is 0 Å². The average Bonchev–Trinajstić information content (AvgIpc) is 3.25. The highest BCUT2D eigenvalue weighted by Gasteiger charge is 2.12. The van der Waals surface area contributed by atoms with Crippen molar-refractivity contribution in [1.29, 1.82) is 0 Å². The predicted molar refractivity (Wildman–Crippen MR) is 111 cm³/mol. The first kappa shape index (κ1) is 18.8. The fourth-order valence-electron chi connectivity index (χ4n) is 3.08. The number of benzene rings is 1. The van der Waals surface area contributed by atoms with Gasteiger partial charge < -0.3 is 14.4 Å². The minimum Gasteiger partial charge on any atom is -0.354 e. The molecular weight excluding hydrogens is 366 g/mol. The van der Waals surface area contributed by atoms with E-state index in [0.29, 0.717) is 23.7 Å². The van der Waals surface area contributed by atoms with E-state index >= 15 is 0 Å². The molecule has 7 nitrogen and oxygen atoms in total. The Kier molecular flexibility index (Phi) is 5.31. The van der Waals surface area contributed by atoms with Crippen LogP contribution in [-0.4, -0.2) is 26.7 Å². The molecule has 0 aliphatic heterocycles. The number of nitrogens with zero attached hydrogens (tertiary/aromatic N) is 4. The molecule has 1 aromatic carbocycles. The smallest absolute Gasteiger partial charge is 0.250 e. The topological polar surface area (TPSA) is 85.8 Å². The molecule has 0 atom stereocenters. The van der Waals surface area contributed by atoms with Crippen LogP contribution in [0.2, 0.25) is 0 Å². The molecule has 29 heavy (non-hydrogen) atoms. The monoisotopic (exact) mass is 387 g/mol. The molecule has 7 heteroatoms. The molecule has 3 aromatic heterocycles. The molecule has 0 aliphatic rings. The second kappa shape index (κ2) is 8.20. The highest BCUT2D eigenvalue weighted by atomic mass is 16.5. The third-order valence-electron chi connectivity index (χ3n) is 4.65. The van der Waals surface area contributed by atoms with Gasteiger partial charge in [0.05, 0.1) is 18.1 Å². The summed E-state index contributed by atoms with van der Waals surface area (Å²) in [5, 5.41) is 7.31. The van der Waals surface area contributed by atoms with Gasteiger partial charge in [0.1, 0.15) is 11.4 Å². The molecule has 0 saturated heterocycles. The Labute approximate surface area is 168 Å². The maximum absolute atomic E-state index is 11.8. The number of rotatable bonds is 6. The first-order valence-electron chi connectivity index (χ1n) is 9.42. The SMILES string of the molecule is CCn1cc(-c2cncc(-c3cc(-c4ccc(CNC)cc4)no3)n2)ccc1=O. The van der Waals surface area contributed by atoms with Gasteiger partial charge in [-0.1, -0.05) is 29.4 Å². The van der Waals surface area contributed by atoms with E-state index in [4.69, 9.17) is 4.52 Å². The van der Waals surface area contributed by atoms with Crippen molar-refractivity contribution in [2.75, 3.05) is 7.05 Å². The number of nitrogens with one attached hydrogen (secondary N) is 1. The first-order valence-corrected chi connectivity index (χ1v) is 9.42. The molecule has 0 bridgehead atoms. The molecule has 0 amide bonds. The minimum absolute atomic E-state index is 0.0408. The molecule has 0 spiro atoms. The number of pyridine rings is 1. The van der Waals surface area contributed by atoms with E-state index in [-0.39, 0.29) is 5.56 Å². The largest absolute Gasteiger partial charge is 0.354 e. The van der Waals surface area contributed by atoms with E-state index in [1.165, 1.54) is 11.6 Å². The van der Waals surface area contributed by atoms with Gasteiger partial charge in [0.2, 0.25) is 0 Å². The van der Waals surface area contributed by atoms with Crippen LogP contribution >= 0.6 is 0 Å². The Morgan fingerprint density at radius 1 is 1.00 bits per heavy atom. The van der Waals surface area contributed by atoms with Crippen LogP contribution in [0.25, 0.3) is 34.0 Å². The number of hydrogen-bond donors (Lipinski definition) is 1. The van der Waals surface area contributed by atoms with Crippen molar-refractivity contribution in [3.05, 3.63) is 77.0 Å². The van der Waals surface area contributed by atoms with Crippen LogP contribution in [0.15, 0.2) is 70.4 Å². The Bertz CT molecular complexity index is 1180. The van der Waals surface area contributed by atoms with Crippen molar-refractivity contribution in [1.82, 2.24) is 25.0 Å². The summed E-state index contributed by atoms with van der Waals surface area (Å²) in [6, 6.07) is 13.3. The first-order chi connectivity index (χ1) is 14.2. The lowest BCUT2D eigenvalue weighted by atomic mass is 10.1. The Balaban J connectivity index is 1.63. The van der Waals surface area contributed by atoms with E-state index < -0.39 is 0 Å². The summed E-state index contributed by atoms with van der Waals surface area (Å²) >= 11 is 0. The lowest BCUT2D eigenvalue weighted by Gasteiger charge is -2.05. The fraction of sp³-hybridized carbons (Fsp3) is 0.182. The zero-order valence-electron chi connectivity index (χ0n) is 16.3. The van der Waals surface area contributed by atoms with Crippen molar-refractivity contribution in [3.63, 3.8) is 0 Å². The van der Waals surface area contributed by atoms with Crippen LogP contribution in [0.1, 0.15) is 12.5 Å². The molecule has 0 radical (unpaired) electrons. The van der Waals surface area contributed by atoms with Crippen LogP contribution in [0, 0.1) is 0 Å². The second-order valence-electron chi connectivity index (χ2n) is 6.64. The number of aryl methyl sites for hydroxylation is 1. The third kappa shape index (κ3) is 4.00. The van der Waals surface area contributed by atoms with Crippen LogP contribution in [0.4, 0.5) is 0 Å². The number of aromatic nitrogens is 4. The van der Waals surface area contributed by atoms with Gasteiger partial charge in [-0.15, -0.1) is 0 Å². The maximum Gasteiger partial charge on any atom is 0.250 e. The highest BCUT2D eigenvalue weighted by Crippen LogP contribution is 2.26. The molecule has 0 unspecified atom stereocenters. The van der Waals surface area contributed by atoms with Crippen LogP contribution in [-0.2, 0) is 13.1 Å². The summed E-state index contributed by atoms with van der Waals surface area (Å²) in [5.74, 6) is 0.539. The summed E-state index contributed by atoms with van der Waals surface area (Å²) in [5.41, 5.74) is 4.94. The third-order valence-corrected chi connectivity index (χ3v) is 4.65. The van der Waals surface area contributed by atoms with Gasteiger partial charge in [-0.05, 0) is 25.6 Å². The minimum atomic E-state index is -0.0408. The highest BCUT2D eigenvalue weighted by molar-refractivity contribution is 5.66. The van der Waals surface area contributed by atoms with Crippen molar-refractivity contribution in [3.8, 4) is 34.0 Å². The summed E-state index contributed by atoms with van der Waals surface area (Å²) in [6.07, 6.45) is 5.09. The van der Waals surface area contributed by atoms with Crippen molar-refractivity contribution < 1.29 is 4.52 Å². The standard InChI is InChI=1S/C22H21N5O2/c1-3-27-14-17(8-9-22(27)28)19-12-24-13-20(25-19)21-10-18(26-29-21)16-6-4-15(5-7-16)11-23-2/h4-10,12-14,23H,3,11H2,1-2H3. The van der Waals surface area contributed by atoms with Gasteiger partial charge in [0, 0.05) is 42.5 Å². The van der Waals surface area contributed by atoms with Crippen LogP contribution in [0.3, 0.4) is 0 Å². The van der Waals surface area contributed by atoms with Gasteiger partial charge in [0.25, 0.3) is 5.56 Å². The summed E-state index contributed by atoms with van der Waals surface area (Å²) in [4.78, 5) is 20.7. The molecule has 146 valence electrons. The molecule has 0 aliphatic carbocycles. The van der Waals surface area contributed by atoms with Crippen molar-refractivity contribution in [2.24, 2.45) is 0 Å². The predicted octanol–water partition coefficient (Wildman–Crippen LogP) is 3.37. The lowest BCUT2D eigenvalue weighted by molar-refractivity contribution is 0.433. The Hall–Kier alpha value is -3.58. The number of hydrogen-bond acceptors (Lipinski definition) is 6. The summed E-state index contributed by atoms with van der Waals surface area (Å²) in [6.45, 7) is 3.34. The molecule has 0 saturated carbocycles. The van der Waals surface area contributed by atoms with E-state index in [2.05, 4.69) is 32.6 Å². The Morgan fingerprint density at radius 2 is 1.76 bits per heavy atom. The molecule has 3 heterocycles. The molecule has 1 N–H and O–H groups in total. The van der Waals surface area contributed by atoms with Crippen LogP contribution < -0.4 is 10.9 Å². The average molecular weight is 387 g/mol. The van der Waals surface area contributed by atoms with E-state index in [1.807, 2.05) is 32.2 Å². The summed E-state index contributed by atoms with van der Waals surface area (Å²) < 4.78 is 7.15. The van der Waals surface area contributed by atoms with Gasteiger partial charge in [0.15, 0.2) is 5.76 Å². The van der Waals surface area contributed by atoms with E-state index in [9.17, 15) is 4.79 Å². The molecule has 4 aromatic rings. The molecule has 0 fully saturated rings. The Morgan fingerprint density at radius 3 is 2.52 bits per heavy atom. The quantitative estimate of drug-likeness (QED) is 0.546. The maximum atomic E-state index is 11.8. The molecular formula is C22H21N5O2. The van der Waals surface area contributed by atoms with Crippen LogP contribution in [0.5, 0.6) is 0 Å². The van der Waals surface area contributed by atoms with Crippen molar-refractivity contribution >= 4 is 0 Å². The second-order valence-corrected chi connectivity index (χ2v) is 6.64. The summed E-state index contributed by atoms with van der Waals surface area (Å²) in [7, 11) is 1.92. The zero-order chi connectivity index (χ0) is 20.2. The lowest BCUT2D eigenvalue weighted by Crippen LogP contribution is -2.17. The van der Waals surface area contributed by atoms with Gasteiger partial charge in [-0.3, -0.25) is 9.78 Å².